The molecule has 1 fully saturated rings. The Kier molecular flexibility index (Phi) is 3.32. The number of aryl methyl sites for hydroxylation is 1. The predicted octanol–water partition coefficient (Wildman–Crippen LogP) is 3.03. The van der Waals surface area contributed by atoms with Gasteiger partial charge in [0.15, 0.2) is 0 Å². The molecule has 15 heavy (non-hydrogen) atoms. The highest BCUT2D eigenvalue weighted by atomic mass is 32.2. The van der Waals surface area contributed by atoms with E-state index < -0.39 is 0 Å². The number of rotatable bonds is 2. The van der Waals surface area contributed by atoms with Gasteiger partial charge in [0.25, 0.3) is 0 Å². The molecule has 2 rings (SSSR count). The van der Waals surface area contributed by atoms with E-state index in [0.717, 1.165) is 12.0 Å². The summed E-state index contributed by atoms with van der Waals surface area (Å²) in [5.74, 6) is 1.04. The molecule has 82 valence electrons. The number of nitrogens with two attached hydrogens (primary N) is 1. The van der Waals surface area contributed by atoms with E-state index in [1.165, 1.54) is 12.2 Å². The minimum absolute atomic E-state index is 0.0207. The average Bonchev–Trinajstić information content (AvgIpc) is 2.74. The molecule has 1 aliphatic heterocycles. The molecule has 1 saturated heterocycles. The lowest BCUT2D eigenvalue weighted by atomic mass is 10.0. The Balaban J connectivity index is 2.17. The standard InChI is InChI=1S/C12H16FNS/c1-8-4-5-9(7-10(8)13)12(14)11-3-2-6-15-11/h4-5,7,11-12H,2-3,6,14H2,1H3. The molecule has 0 aliphatic carbocycles. The third-order valence-electron chi connectivity index (χ3n) is 2.95. The molecule has 2 atom stereocenters. The Hall–Kier alpha value is -0.540. The maximum absolute atomic E-state index is 13.4. The van der Waals surface area contributed by atoms with Crippen molar-refractivity contribution in [2.45, 2.75) is 31.1 Å². The average molecular weight is 225 g/mol. The van der Waals surface area contributed by atoms with Crippen molar-refractivity contribution in [3.8, 4) is 0 Å². The second-order valence-corrected chi connectivity index (χ2v) is 5.43. The van der Waals surface area contributed by atoms with Crippen molar-refractivity contribution in [1.82, 2.24) is 0 Å². The monoisotopic (exact) mass is 225 g/mol. The van der Waals surface area contributed by atoms with E-state index in [9.17, 15) is 4.39 Å². The van der Waals surface area contributed by atoms with Crippen LogP contribution in [-0.4, -0.2) is 11.0 Å². The smallest absolute Gasteiger partial charge is 0.126 e. The first-order chi connectivity index (χ1) is 7.18. The molecule has 1 aromatic carbocycles. The van der Waals surface area contributed by atoms with Crippen molar-refractivity contribution in [2.24, 2.45) is 5.73 Å². The Morgan fingerprint density at radius 3 is 2.93 bits per heavy atom. The summed E-state index contributed by atoms with van der Waals surface area (Å²) < 4.78 is 13.4. The van der Waals surface area contributed by atoms with Gasteiger partial charge in [-0.15, -0.1) is 0 Å². The summed E-state index contributed by atoms with van der Waals surface area (Å²) >= 11 is 1.91. The third kappa shape index (κ3) is 2.34. The van der Waals surface area contributed by atoms with Gasteiger partial charge < -0.3 is 5.73 Å². The van der Waals surface area contributed by atoms with Crippen molar-refractivity contribution in [2.75, 3.05) is 5.75 Å². The fraction of sp³-hybridized carbons (Fsp3) is 0.500. The van der Waals surface area contributed by atoms with Gasteiger partial charge in [0.1, 0.15) is 5.82 Å². The highest BCUT2D eigenvalue weighted by Crippen LogP contribution is 2.34. The van der Waals surface area contributed by atoms with Gasteiger partial charge >= 0.3 is 0 Å². The molecular formula is C12H16FNS. The van der Waals surface area contributed by atoms with Crippen LogP contribution in [0.1, 0.15) is 30.0 Å². The SMILES string of the molecule is Cc1ccc(C(N)C2CCCS2)cc1F. The van der Waals surface area contributed by atoms with Crippen LogP contribution in [0.5, 0.6) is 0 Å². The van der Waals surface area contributed by atoms with Gasteiger partial charge in [-0.1, -0.05) is 12.1 Å². The summed E-state index contributed by atoms with van der Waals surface area (Å²) in [6, 6.07) is 5.32. The molecule has 0 bridgehead atoms. The third-order valence-corrected chi connectivity index (χ3v) is 4.43. The van der Waals surface area contributed by atoms with Crippen LogP contribution in [0, 0.1) is 12.7 Å². The zero-order chi connectivity index (χ0) is 10.8. The van der Waals surface area contributed by atoms with Crippen molar-refractivity contribution in [3.63, 3.8) is 0 Å². The van der Waals surface area contributed by atoms with E-state index in [-0.39, 0.29) is 11.9 Å². The van der Waals surface area contributed by atoms with Gasteiger partial charge in [0.2, 0.25) is 0 Å². The quantitative estimate of drug-likeness (QED) is 0.837. The van der Waals surface area contributed by atoms with Crippen LogP contribution < -0.4 is 5.73 Å². The normalized spacial score (nSPS) is 23.0. The topological polar surface area (TPSA) is 26.0 Å². The fourth-order valence-corrected chi connectivity index (χ4v) is 3.25. The minimum Gasteiger partial charge on any atom is -0.323 e. The lowest BCUT2D eigenvalue weighted by Gasteiger charge is -2.18. The molecule has 0 amide bonds. The molecule has 2 unspecified atom stereocenters. The first-order valence-corrected chi connectivity index (χ1v) is 6.36. The maximum Gasteiger partial charge on any atom is 0.126 e. The summed E-state index contributed by atoms with van der Waals surface area (Å²) in [6.07, 6.45) is 2.39. The number of benzene rings is 1. The number of thioether (sulfide) groups is 1. The second-order valence-electron chi connectivity index (χ2n) is 4.09. The molecule has 1 aliphatic rings. The highest BCUT2D eigenvalue weighted by Gasteiger charge is 2.24. The van der Waals surface area contributed by atoms with Gasteiger partial charge in [-0.3, -0.25) is 0 Å². The van der Waals surface area contributed by atoms with Gasteiger partial charge in [0.05, 0.1) is 0 Å². The molecule has 0 spiro atoms. The maximum atomic E-state index is 13.4. The van der Waals surface area contributed by atoms with Crippen LogP contribution >= 0.6 is 11.8 Å². The summed E-state index contributed by atoms with van der Waals surface area (Å²) in [5, 5.41) is 0.465. The Labute approximate surface area is 94.2 Å². The van der Waals surface area contributed by atoms with Crippen LogP contribution in [-0.2, 0) is 0 Å². The van der Waals surface area contributed by atoms with Crippen LogP contribution in [0.2, 0.25) is 0 Å². The fourth-order valence-electron chi connectivity index (χ4n) is 1.92. The van der Waals surface area contributed by atoms with E-state index in [0.29, 0.717) is 10.8 Å². The Morgan fingerprint density at radius 1 is 1.53 bits per heavy atom. The summed E-state index contributed by atoms with van der Waals surface area (Å²) in [7, 11) is 0. The molecule has 0 radical (unpaired) electrons. The van der Waals surface area contributed by atoms with Crippen molar-refractivity contribution in [3.05, 3.63) is 35.1 Å². The van der Waals surface area contributed by atoms with Gasteiger partial charge in [-0.25, -0.2) is 4.39 Å². The lowest BCUT2D eigenvalue weighted by Crippen LogP contribution is -2.21. The van der Waals surface area contributed by atoms with Crippen molar-refractivity contribution < 1.29 is 4.39 Å². The van der Waals surface area contributed by atoms with E-state index in [1.54, 1.807) is 13.0 Å². The summed E-state index contributed by atoms with van der Waals surface area (Å²) in [6.45, 7) is 1.77. The number of hydrogen-bond donors (Lipinski definition) is 1. The minimum atomic E-state index is -0.147. The molecule has 3 heteroatoms. The van der Waals surface area contributed by atoms with Crippen LogP contribution in [0.4, 0.5) is 4.39 Å². The summed E-state index contributed by atoms with van der Waals surface area (Å²) in [5.41, 5.74) is 7.75. The Bertz CT molecular complexity index is 347. The van der Waals surface area contributed by atoms with Crippen LogP contribution in [0.15, 0.2) is 18.2 Å². The lowest BCUT2D eigenvalue weighted by molar-refractivity contribution is 0.602. The largest absolute Gasteiger partial charge is 0.323 e. The van der Waals surface area contributed by atoms with Gasteiger partial charge in [-0.05, 0) is 42.7 Å². The van der Waals surface area contributed by atoms with E-state index in [4.69, 9.17) is 5.73 Å². The number of halogens is 1. The summed E-state index contributed by atoms with van der Waals surface area (Å²) in [4.78, 5) is 0. The molecule has 1 heterocycles. The highest BCUT2D eigenvalue weighted by molar-refractivity contribution is 8.00. The zero-order valence-corrected chi connectivity index (χ0v) is 9.69. The predicted molar refractivity (Wildman–Crippen MR) is 63.5 cm³/mol. The molecule has 0 saturated carbocycles. The first-order valence-electron chi connectivity index (χ1n) is 5.31. The van der Waals surface area contributed by atoms with Gasteiger partial charge in [0, 0.05) is 11.3 Å². The second kappa shape index (κ2) is 4.54. The van der Waals surface area contributed by atoms with Gasteiger partial charge in [-0.2, -0.15) is 11.8 Å². The van der Waals surface area contributed by atoms with E-state index in [2.05, 4.69) is 0 Å². The zero-order valence-electron chi connectivity index (χ0n) is 8.87. The van der Waals surface area contributed by atoms with Crippen molar-refractivity contribution in [1.29, 1.82) is 0 Å². The van der Waals surface area contributed by atoms with Crippen LogP contribution in [0.25, 0.3) is 0 Å². The number of hydrogen-bond acceptors (Lipinski definition) is 2. The molecule has 1 aromatic rings. The molecular weight excluding hydrogens is 209 g/mol. The Morgan fingerprint density at radius 2 is 2.33 bits per heavy atom. The molecule has 1 nitrogen and oxygen atoms in total. The first kappa shape index (κ1) is 11.0. The van der Waals surface area contributed by atoms with Crippen LogP contribution in [0.3, 0.4) is 0 Å². The van der Waals surface area contributed by atoms with E-state index >= 15 is 0 Å². The molecule has 2 N–H and O–H groups in total. The van der Waals surface area contributed by atoms with E-state index in [1.807, 2.05) is 23.9 Å². The molecule has 0 aromatic heterocycles. The van der Waals surface area contributed by atoms with Crippen molar-refractivity contribution >= 4 is 11.8 Å².